The standard InChI is InChI=1S/C11H13ClO2/c1-7-3-4-10(12)9(5-7)8(2)6-11(13)14/h3-5,8H,6H2,1-2H3,(H,13,14)/t8-/m0/s1. The lowest BCUT2D eigenvalue weighted by atomic mass is 9.96. The third kappa shape index (κ3) is 2.74. The normalized spacial score (nSPS) is 12.5. The maximum absolute atomic E-state index is 10.5. The van der Waals surface area contributed by atoms with Crippen LogP contribution >= 0.6 is 11.6 Å². The van der Waals surface area contributed by atoms with Crippen LogP contribution in [-0.2, 0) is 4.79 Å². The average Bonchev–Trinajstić information content (AvgIpc) is 2.08. The van der Waals surface area contributed by atoms with E-state index in [1.165, 1.54) is 0 Å². The molecule has 0 spiro atoms. The van der Waals surface area contributed by atoms with Gasteiger partial charge in [0.2, 0.25) is 0 Å². The van der Waals surface area contributed by atoms with E-state index < -0.39 is 5.97 Å². The summed E-state index contributed by atoms with van der Waals surface area (Å²) in [4.78, 5) is 10.5. The molecule has 76 valence electrons. The number of benzene rings is 1. The van der Waals surface area contributed by atoms with Crippen LogP contribution in [-0.4, -0.2) is 11.1 Å². The molecule has 1 rings (SSSR count). The molecule has 3 heteroatoms. The minimum Gasteiger partial charge on any atom is -0.481 e. The van der Waals surface area contributed by atoms with Crippen LogP contribution in [0.5, 0.6) is 0 Å². The molecular weight excluding hydrogens is 200 g/mol. The molecule has 0 unspecified atom stereocenters. The molecule has 1 N–H and O–H groups in total. The van der Waals surface area contributed by atoms with Crippen LogP contribution in [0.15, 0.2) is 18.2 Å². The molecule has 1 aromatic rings. The van der Waals surface area contributed by atoms with Gasteiger partial charge in [0.15, 0.2) is 0 Å². The molecule has 0 saturated carbocycles. The lowest BCUT2D eigenvalue weighted by molar-refractivity contribution is -0.137. The van der Waals surface area contributed by atoms with Crippen molar-refractivity contribution in [1.29, 1.82) is 0 Å². The number of hydrogen-bond donors (Lipinski definition) is 1. The van der Waals surface area contributed by atoms with Crippen LogP contribution in [0, 0.1) is 6.92 Å². The van der Waals surface area contributed by atoms with Gasteiger partial charge in [0.1, 0.15) is 0 Å². The predicted octanol–water partition coefficient (Wildman–Crippen LogP) is 3.23. The fourth-order valence-corrected chi connectivity index (χ4v) is 1.72. The van der Waals surface area contributed by atoms with E-state index in [2.05, 4.69) is 0 Å². The van der Waals surface area contributed by atoms with Gasteiger partial charge in [-0.3, -0.25) is 4.79 Å². The highest BCUT2D eigenvalue weighted by Crippen LogP contribution is 2.27. The molecular formula is C11H13ClO2. The number of aryl methyl sites for hydroxylation is 1. The Kier molecular flexibility index (Phi) is 3.53. The van der Waals surface area contributed by atoms with Crippen molar-refractivity contribution >= 4 is 17.6 Å². The van der Waals surface area contributed by atoms with Crippen molar-refractivity contribution in [2.45, 2.75) is 26.2 Å². The lowest BCUT2D eigenvalue weighted by Crippen LogP contribution is -2.03. The summed E-state index contributed by atoms with van der Waals surface area (Å²) in [7, 11) is 0. The number of rotatable bonds is 3. The van der Waals surface area contributed by atoms with Crippen LogP contribution in [0.3, 0.4) is 0 Å². The summed E-state index contributed by atoms with van der Waals surface area (Å²) in [5.41, 5.74) is 2.01. The van der Waals surface area contributed by atoms with E-state index in [9.17, 15) is 4.79 Å². The Bertz CT molecular complexity index is 347. The molecule has 0 saturated heterocycles. The minimum atomic E-state index is -0.796. The smallest absolute Gasteiger partial charge is 0.303 e. The summed E-state index contributed by atoms with van der Waals surface area (Å²) >= 11 is 5.98. The van der Waals surface area contributed by atoms with Gasteiger partial charge in [-0.05, 0) is 24.5 Å². The zero-order valence-corrected chi connectivity index (χ0v) is 9.01. The van der Waals surface area contributed by atoms with Crippen LogP contribution < -0.4 is 0 Å². The number of hydrogen-bond acceptors (Lipinski definition) is 1. The van der Waals surface area contributed by atoms with E-state index in [4.69, 9.17) is 16.7 Å². The van der Waals surface area contributed by atoms with E-state index in [1.54, 1.807) is 0 Å². The third-order valence-electron chi connectivity index (χ3n) is 2.16. The molecule has 0 bridgehead atoms. The average molecular weight is 213 g/mol. The summed E-state index contributed by atoms with van der Waals surface area (Å²) in [6, 6.07) is 5.67. The number of carbonyl (C=O) groups is 1. The van der Waals surface area contributed by atoms with E-state index in [1.807, 2.05) is 32.0 Å². The molecule has 0 amide bonds. The highest BCUT2D eigenvalue weighted by atomic mass is 35.5. The van der Waals surface area contributed by atoms with Crippen molar-refractivity contribution in [2.24, 2.45) is 0 Å². The SMILES string of the molecule is Cc1ccc(Cl)c([C@@H](C)CC(=O)O)c1. The molecule has 0 radical (unpaired) electrons. The van der Waals surface area contributed by atoms with Crippen molar-refractivity contribution in [3.8, 4) is 0 Å². The Balaban J connectivity index is 2.93. The summed E-state index contributed by atoms with van der Waals surface area (Å²) in [6.45, 7) is 3.84. The number of carboxylic acid groups (broad SMARTS) is 1. The fourth-order valence-electron chi connectivity index (χ4n) is 1.41. The molecule has 14 heavy (non-hydrogen) atoms. The van der Waals surface area contributed by atoms with Gasteiger partial charge in [-0.25, -0.2) is 0 Å². The molecule has 0 heterocycles. The van der Waals surface area contributed by atoms with Gasteiger partial charge in [-0.15, -0.1) is 0 Å². The van der Waals surface area contributed by atoms with Gasteiger partial charge in [0, 0.05) is 5.02 Å². The zero-order chi connectivity index (χ0) is 10.7. The van der Waals surface area contributed by atoms with Crippen molar-refractivity contribution < 1.29 is 9.90 Å². The molecule has 1 aromatic carbocycles. The quantitative estimate of drug-likeness (QED) is 0.835. The van der Waals surface area contributed by atoms with Gasteiger partial charge in [0.05, 0.1) is 6.42 Å². The Hall–Kier alpha value is -1.02. The number of carboxylic acids is 1. The molecule has 0 aliphatic carbocycles. The van der Waals surface area contributed by atoms with Crippen molar-refractivity contribution in [3.63, 3.8) is 0 Å². The highest BCUT2D eigenvalue weighted by molar-refractivity contribution is 6.31. The van der Waals surface area contributed by atoms with E-state index >= 15 is 0 Å². The van der Waals surface area contributed by atoms with Crippen molar-refractivity contribution in [3.05, 3.63) is 34.3 Å². The topological polar surface area (TPSA) is 37.3 Å². The second kappa shape index (κ2) is 4.47. The first-order valence-electron chi connectivity index (χ1n) is 4.48. The first kappa shape index (κ1) is 11.1. The molecule has 2 nitrogen and oxygen atoms in total. The Morgan fingerprint density at radius 2 is 2.21 bits per heavy atom. The van der Waals surface area contributed by atoms with Gasteiger partial charge in [0.25, 0.3) is 0 Å². The van der Waals surface area contributed by atoms with Gasteiger partial charge >= 0.3 is 5.97 Å². The van der Waals surface area contributed by atoms with Gasteiger partial charge in [-0.2, -0.15) is 0 Å². The Labute approximate surface area is 88.5 Å². The Morgan fingerprint density at radius 1 is 1.57 bits per heavy atom. The highest BCUT2D eigenvalue weighted by Gasteiger charge is 2.13. The minimum absolute atomic E-state index is 0.0418. The maximum atomic E-state index is 10.5. The summed E-state index contributed by atoms with van der Waals surface area (Å²) < 4.78 is 0. The largest absolute Gasteiger partial charge is 0.481 e. The van der Waals surface area contributed by atoms with Crippen LogP contribution in [0.1, 0.15) is 30.4 Å². The van der Waals surface area contributed by atoms with Gasteiger partial charge < -0.3 is 5.11 Å². The monoisotopic (exact) mass is 212 g/mol. The third-order valence-corrected chi connectivity index (χ3v) is 2.51. The van der Waals surface area contributed by atoms with E-state index in [0.717, 1.165) is 11.1 Å². The predicted molar refractivity (Wildman–Crippen MR) is 56.9 cm³/mol. The zero-order valence-electron chi connectivity index (χ0n) is 8.25. The van der Waals surface area contributed by atoms with E-state index in [0.29, 0.717) is 5.02 Å². The summed E-state index contributed by atoms with van der Waals surface area (Å²) in [5.74, 6) is -0.838. The Morgan fingerprint density at radius 3 is 2.79 bits per heavy atom. The second-order valence-electron chi connectivity index (χ2n) is 3.52. The summed E-state index contributed by atoms with van der Waals surface area (Å²) in [5, 5.41) is 9.31. The molecule has 0 aliphatic heterocycles. The summed E-state index contributed by atoms with van der Waals surface area (Å²) in [6.07, 6.45) is 0.114. The number of halogens is 1. The van der Waals surface area contributed by atoms with E-state index in [-0.39, 0.29) is 12.3 Å². The maximum Gasteiger partial charge on any atom is 0.303 e. The second-order valence-corrected chi connectivity index (χ2v) is 3.93. The molecule has 0 fully saturated rings. The molecule has 0 aromatic heterocycles. The fraction of sp³-hybridized carbons (Fsp3) is 0.364. The van der Waals surface area contributed by atoms with Crippen LogP contribution in [0.2, 0.25) is 5.02 Å². The van der Waals surface area contributed by atoms with Crippen molar-refractivity contribution in [2.75, 3.05) is 0 Å². The van der Waals surface area contributed by atoms with Gasteiger partial charge in [-0.1, -0.05) is 36.2 Å². The number of aliphatic carboxylic acids is 1. The van der Waals surface area contributed by atoms with Crippen LogP contribution in [0.25, 0.3) is 0 Å². The van der Waals surface area contributed by atoms with Crippen molar-refractivity contribution in [1.82, 2.24) is 0 Å². The first-order chi connectivity index (χ1) is 6.50. The first-order valence-corrected chi connectivity index (χ1v) is 4.86. The lowest BCUT2D eigenvalue weighted by Gasteiger charge is -2.11. The molecule has 1 atom stereocenters. The van der Waals surface area contributed by atoms with Crippen LogP contribution in [0.4, 0.5) is 0 Å². The molecule has 0 aliphatic rings.